The zero-order valence-corrected chi connectivity index (χ0v) is 20.2. The second-order valence-corrected chi connectivity index (χ2v) is 8.29. The fourth-order valence-corrected chi connectivity index (χ4v) is 3.60. The SMILES string of the molecule is CCCC/C(=N\OC(C)=O)C(=O)c1ccc(Sc2ccc(/C=C(\C#N)C(=O)OCC)cc2)cc1. The number of carbonyl (C=O) groups is 3. The van der Waals surface area contributed by atoms with Gasteiger partial charge in [0.2, 0.25) is 5.78 Å². The maximum atomic E-state index is 12.8. The van der Waals surface area contributed by atoms with Crippen LogP contribution in [0.5, 0.6) is 0 Å². The van der Waals surface area contributed by atoms with E-state index in [0.717, 1.165) is 22.6 Å². The fraction of sp³-hybridized carbons (Fsp3) is 0.269. The van der Waals surface area contributed by atoms with E-state index in [0.29, 0.717) is 17.5 Å². The number of ether oxygens (including phenoxy) is 1. The van der Waals surface area contributed by atoms with Crippen molar-refractivity contribution in [2.24, 2.45) is 5.16 Å². The van der Waals surface area contributed by atoms with Gasteiger partial charge >= 0.3 is 11.9 Å². The molecule has 7 nitrogen and oxygen atoms in total. The van der Waals surface area contributed by atoms with Gasteiger partial charge in [0.05, 0.1) is 6.61 Å². The summed E-state index contributed by atoms with van der Waals surface area (Å²) in [6, 6.07) is 16.3. The summed E-state index contributed by atoms with van der Waals surface area (Å²) < 4.78 is 4.87. The maximum absolute atomic E-state index is 12.8. The summed E-state index contributed by atoms with van der Waals surface area (Å²) in [5.74, 6) is -1.48. The zero-order chi connectivity index (χ0) is 24.9. The van der Waals surface area contributed by atoms with E-state index in [-0.39, 0.29) is 23.7 Å². The molecule has 0 aromatic heterocycles. The molecule has 8 heteroatoms. The number of nitriles is 1. The van der Waals surface area contributed by atoms with Crippen molar-refractivity contribution in [3.63, 3.8) is 0 Å². The predicted octanol–water partition coefficient (Wildman–Crippen LogP) is 5.60. The Labute approximate surface area is 203 Å². The molecule has 0 saturated heterocycles. The van der Waals surface area contributed by atoms with Gasteiger partial charge in [-0.05, 0) is 67.8 Å². The second-order valence-electron chi connectivity index (χ2n) is 7.14. The molecule has 2 rings (SSSR count). The van der Waals surface area contributed by atoms with Crippen molar-refractivity contribution in [2.45, 2.75) is 49.8 Å². The number of hydrogen-bond donors (Lipinski definition) is 0. The van der Waals surface area contributed by atoms with Crippen molar-refractivity contribution in [2.75, 3.05) is 6.61 Å². The van der Waals surface area contributed by atoms with Crippen molar-refractivity contribution in [1.82, 2.24) is 0 Å². The number of carbonyl (C=O) groups excluding carboxylic acids is 3. The number of oxime groups is 1. The Kier molecular flexibility index (Phi) is 10.7. The molecule has 0 aliphatic rings. The molecule has 34 heavy (non-hydrogen) atoms. The lowest BCUT2D eigenvalue weighted by atomic mass is 10.0. The third kappa shape index (κ3) is 8.34. The number of Topliss-reactive ketones (excluding diaryl/α,β-unsaturated/α-hetero) is 1. The molecule has 0 aliphatic carbocycles. The number of esters is 1. The van der Waals surface area contributed by atoms with Crippen LogP contribution in [0.15, 0.2) is 69.1 Å². The standard InChI is InChI=1S/C26H26N2O5S/c1-4-6-7-24(28-33-18(3)29)25(30)20-10-14-23(15-11-20)34-22-12-8-19(9-13-22)16-21(17-27)26(31)32-5-2/h8-16H,4-7H2,1-3H3/b21-16+,28-24+. The zero-order valence-electron chi connectivity index (χ0n) is 19.4. The van der Waals surface area contributed by atoms with Gasteiger partial charge in [-0.2, -0.15) is 5.26 Å². The number of unbranched alkanes of at least 4 members (excludes halogenated alkanes) is 1. The van der Waals surface area contributed by atoms with E-state index in [2.05, 4.69) is 9.99 Å². The van der Waals surface area contributed by atoms with Gasteiger partial charge in [-0.1, -0.05) is 42.4 Å². The molecule has 0 fully saturated rings. The molecule has 0 spiro atoms. The smallest absolute Gasteiger partial charge is 0.348 e. The lowest BCUT2D eigenvalue weighted by molar-refractivity contribution is -0.141. The number of rotatable bonds is 11. The average molecular weight is 479 g/mol. The number of ketones is 1. The van der Waals surface area contributed by atoms with Crippen LogP contribution in [0.4, 0.5) is 0 Å². The Bertz CT molecular complexity index is 1110. The van der Waals surface area contributed by atoms with Crippen LogP contribution in [0.1, 0.15) is 56.0 Å². The van der Waals surface area contributed by atoms with Gasteiger partial charge in [0.15, 0.2) is 0 Å². The highest BCUT2D eigenvalue weighted by Gasteiger charge is 2.15. The molecule has 176 valence electrons. The Morgan fingerprint density at radius 3 is 2.18 bits per heavy atom. The summed E-state index contributed by atoms with van der Waals surface area (Å²) in [6.45, 7) is 5.13. The molecule has 0 N–H and O–H groups in total. The van der Waals surface area contributed by atoms with Crippen LogP contribution in [-0.2, 0) is 19.2 Å². The van der Waals surface area contributed by atoms with Gasteiger partial charge in [-0.25, -0.2) is 9.59 Å². The topological polar surface area (TPSA) is 106 Å². The first kappa shape index (κ1) is 26.6. The van der Waals surface area contributed by atoms with Gasteiger partial charge in [0.25, 0.3) is 0 Å². The normalized spacial score (nSPS) is 11.5. The van der Waals surface area contributed by atoms with Crippen LogP contribution in [0, 0.1) is 11.3 Å². The van der Waals surface area contributed by atoms with Crippen LogP contribution < -0.4 is 0 Å². The van der Waals surface area contributed by atoms with E-state index in [1.54, 1.807) is 19.1 Å². The molecule has 0 radical (unpaired) electrons. The summed E-state index contributed by atoms with van der Waals surface area (Å²) in [5.41, 5.74) is 1.34. The van der Waals surface area contributed by atoms with E-state index < -0.39 is 11.9 Å². The Hall–Kier alpha value is -3.70. The minimum atomic E-state index is -0.645. The van der Waals surface area contributed by atoms with Crippen LogP contribution in [0.25, 0.3) is 6.08 Å². The summed E-state index contributed by atoms with van der Waals surface area (Å²) in [7, 11) is 0. The van der Waals surface area contributed by atoms with Crippen LogP contribution in [0.2, 0.25) is 0 Å². The van der Waals surface area contributed by atoms with E-state index in [4.69, 9.17) is 10.00 Å². The van der Waals surface area contributed by atoms with E-state index in [9.17, 15) is 14.4 Å². The molecule has 0 aliphatic heterocycles. The largest absolute Gasteiger partial charge is 0.462 e. The molecule has 0 saturated carbocycles. The van der Waals surface area contributed by atoms with Crippen molar-refractivity contribution in [3.05, 3.63) is 65.2 Å². The molecular formula is C26H26N2O5S. The van der Waals surface area contributed by atoms with Crippen LogP contribution in [-0.4, -0.2) is 30.0 Å². The minimum absolute atomic E-state index is 0.0574. The monoisotopic (exact) mass is 478 g/mol. The van der Waals surface area contributed by atoms with Crippen molar-refractivity contribution in [3.8, 4) is 6.07 Å². The third-order valence-electron chi connectivity index (χ3n) is 4.47. The van der Waals surface area contributed by atoms with Gasteiger partial charge in [-0.3, -0.25) is 4.79 Å². The lowest BCUT2D eigenvalue weighted by Crippen LogP contribution is -2.15. The molecule has 2 aromatic carbocycles. The Balaban J connectivity index is 2.10. The number of hydrogen-bond acceptors (Lipinski definition) is 8. The van der Waals surface area contributed by atoms with Gasteiger partial charge in [-0.15, -0.1) is 0 Å². The minimum Gasteiger partial charge on any atom is -0.462 e. The quantitative estimate of drug-likeness (QED) is 0.0787. The first-order chi connectivity index (χ1) is 16.4. The Morgan fingerprint density at radius 2 is 1.65 bits per heavy atom. The summed E-state index contributed by atoms with van der Waals surface area (Å²) >= 11 is 1.50. The van der Waals surface area contributed by atoms with Crippen molar-refractivity contribution < 1.29 is 24.0 Å². The van der Waals surface area contributed by atoms with E-state index in [1.165, 1.54) is 24.8 Å². The maximum Gasteiger partial charge on any atom is 0.348 e. The predicted molar refractivity (Wildman–Crippen MR) is 130 cm³/mol. The van der Waals surface area contributed by atoms with Gasteiger partial charge in [0, 0.05) is 22.3 Å². The van der Waals surface area contributed by atoms with Gasteiger partial charge < -0.3 is 9.57 Å². The summed E-state index contributed by atoms with van der Waals surface area (Å²) in [4.78, 5) is 42.2. The molecule has 0 amide bonds. The van der Waals surface area contributed by atoms with Gasteiger partial charge in [0.1, 0.15) is 17.4 Å². The molecule has 0 atom stereocenters. The highest BCUT2D eigenvalue weighted by Crippen LogP contribution is 2.28. The molecular weight excluding hydrogens is 452 g/mol. The first-order valence-electron chi connectivity index (χ1n) is 10.8. The number of benzene rings is 2. The highest BCUT2D eigenvalue weighted by atomic mass is 32.2. The molecule has 0 unspecified atom stereocenters. The Morgan fingerprint density at radius 1 is 1.03 bits per heavy atom. The van der Waals surface area contributed by atoms with Crippen LogP contribution >= 0.6 is 11.8 Å². The first-order valence-corrected chi connectivity index (χ1v) is 11.7. The lowest BCUT2D eigenvalue weighted by Gasteiger charge is -2.07. The highest BCUT2D eigenvalue weighted by molar-refractivity contribution is 7.99. The molecule has 0 heterocycles. The fourth-order valence-electron chi connectivity index (χ4n) is 2.79. The second kappa shape index (κ2) is 13.8. The van der Waals surface area contributed by atoms with Crippen molar-refractivity contribution in [1.29, 1.82) is 5.26 Å². The molecule has 0 bridgehead atoms. The summed E-state index contributed by atoms with van der Waals surface area (Å²) in [6.07, 6.45) is 3.57. The van der Waals surface area contributed by atoms with Crippen molar-refractivity contribution >= 4 is 41.3 Å². The third-order valence-corrected chi connectivity index (χ3v) is 5.49. The summed E-state index contributed by atoms with van der Waals surface area (Å²) in [5, 5.41) is 12.9. The van der Waals surface area contributed by atoms with Crippen LogP contribution in [0.3, 0.4) is 0 Å². The molecule has 2 aromatic rings. The average Bonchev–Trinajstić information content (AvgIpc) is 2.83. The number of nitrogens with zero attached hydrogens (tertiary/aromatic N) is 2. The van der Waals surface area contributed by atoms with E-state index in [1.807, 2.05) is 49.4 Å². The van der Waals surface area contributed by atoms with E-state index >= 15 is 0 Å².